The van der Waals surface area contributed by atoms with E-state index in [1.807, 2.05) is 0 Å². The average Bonchev–Trinajstić information content (AvgIpc) is 2.37. The number of halogens is 2. The van der Waals surface area contributed by atoms with Crippen LogP contribution in [-0.2, 0) is 0 Å². The fraction of sp³-hybridized carbons (Fsp3) is 0.231. The maximum absolute atomic E-state index is 13.4. The van der Waals surface area contributed by atoms with E-state index in [9.17, 15) is 18.4 Å². The van der Waals surface area contributed by atoms with Crippen molar-refractivity contribution in [2.75, 3.05) is 11.9 Å². The van der Waals surface area contributed by atoms with Gasteiger partial charge >= 0.3 is 12.0 Å². The molecule has 0 heterocycles. The van der Waals surface area contributed by atoms with Gasteiger partial charge in [-0.05, 0) is 12.5 Å². The van der Waals surface area contributed by atoms with Crippen LogP contribution < -0.4 is 10.6 Å². The summed E-state index contributed by atoms with van der Waals surface area (Å²) in [5.41, 5.74) is -1.15. The maximum Gasteiger partial charge on any atom is 0.338 e. The van der Waals surface area contributed by atoms with Gasteiger partial charge in [0.2, 0.25) is 0 Å². The van der Waals surface area contributed by atoms with Crippen molar-refractivity contribution in [1.29, 1.82) is 0 Å². The number of carbonyl (C=O) groups is 2. The average molecular weight is 282 g/mol. The van der Waals surface area contributed by atoms with Crippen LogP contribution in [0.2, 0.25) is 0 Å². The zero-order valence-electron chi connectivity index (χ0n) is 10.4. The number of benzene rings is 1. The third-order valence-corrected chi connectivity index (χ3v) is 2.32. The molecule has 3 N–H and O–H groups in total. The number of anilines is 1. The second-order valence-electron chi connectivity index (χ2n) is 3.81. The Balaban J connectivity index is 2.72. The fourth-order valence-electron chi connectivity index (χ4n) is 1.37. The van der Waals surface area contributed by atoms with Gasteiger partial charge < -0.3 is 15.7 Å². The number of terminal acetylenes is 1. The molecule has 0 aliphatic rings. The van der Waals surface area contributed by atoms with E-state index >= 15 is 0 Å². The van der Waals surface area contributed by atoms with Gasteiger partial charge in [0.15, 0.2) is 0 Å². The molecular weight excluding hydrogens is 270 g/mol. The normalized spacial score (nSPS) is 9.65. The van der Waals surface area contributed by atoms with Crippen LogP contribution in [0.4, 0.5) is 19.3 Å². The highest BCUT2D eigenvalue weighted by Gasteiger charge is 2.16. The molecule has 1 aromatic rings. The first-order valence-corrected chi connectivity index (χ1v) is 5.66. The third kappa shape index (κ3) is 4.24. The summed E-state index contributed by atoms with van der Waals surface area (Å²) in [5, 5.41) is 13.2. The summed E-state index contributed by atoms with van der Waals surface area (Å²) in [7, 11) is 0. The molecule has 0 bridgehead atoms. The molecule has 1 aromatic carbocycles. The van der Waals surface area contributed by atoms with Gasteiger partial charge in [0.1, 0.15) is 11.6 Å². The summed E-state index contributed by atoms with van der Waals surface area (Å²) in [5.74, 6) is -1.44. The van der Waals surface area contributed by atoms with E-state index in [4.69, 9.17) is 11.5 Å². The summed E-state index contributed by atoms with van der Waals surface area (Å²) in [6.07, 6.45) is 6.06. The number of aromatic carboxylic acids is 1. The summed E-state index contributed by atoms with van der Waals surface area (Å²) in [6, 6.07) is 0.384. The lowest BCUT2D eigenvalue weighted by Gasteiger charge is -2.09. The van der Waals surface area contributed by atoms with Gasteiger partial charge in [-0.3, -0.25) is 0 Å². The second-order valence-corrected chi connectivity index (χ2v) is 3.81. The standard InChI is InChI=1S/C13H12F2N2O3/c1-2-3-4-5-16-13(20)17-11-6-8(12(18)19)9(14)7-10(11)15/h1,6-7H,3-5H2,(H,18,19)(H2,16,17,20). The van der Waals surface area contributed by atoms with Crippen molar-refractivity contribution in [3.63, 3.8) is 0 Å². The predicted octanol–water partition coefficient (Wildman–Crippen LogP) is 2.20. The first-order chi connectivity index (χ1) is 9.45. The van der Waals surface area contributed by atoms with Crippen LogP contribution >= 0.6 is 0 Å². The molecule has 0 aromatic heterocycles. The molecule has 0 spiro atoms. The fourth-order valence-corrected chi connectivity index (χ4v) is 1.37. The minimum atomic E-state index is -1.56. The van der Waals surface area contributed by atoms with Crippen LogP contribution in [0.15, 0.2) is 12.1 Å². The van der Waals surface area contributed by atoms with E-state index in [0.29, 0.717) is 25.0 Å². The number of rotatable bonds is 5. The molecule has 5 nitrogen and oxygen atoms in total. The van der Waals surface area contributed by atoms with E-state index < -0.39 is 34.9 Å². The molecule has 106 valence electrons. The molecule has 0 atom stereocenters. The number of unbranched alkanes of at least 4 members (excludes halogenated alkanes) is 1. The van der Waals surface area contributed by atoms with Crippen molar-refractivity contribution < 1.29 is 23.5 Å². The van der Waals surface area contributed by atoms with Crippen molar-refractivity contribution in [2.45, 2.75) is 12.8 Å². The van der Waals surface area contributed by atoms with Crippen LogP contribution in [0.25, 0.3) is 0 Å². The molecule has 20 heavy (non-hydrogen) atoms. The lowest BCUT2D eigenvalue weighted by Crippen LogP contribution is -2.30. The van der Waals surface area contributed by atoms with E-state index in [1.165, 1.54) is 0 Å². The van der Waals surface area contributed by atoms with Gasteiger partial charge in [-0.15, -0.1) is 12.3 Å². The van der Waals surface area contributed by atoms with Crippen LogP contribution in [0.5, 0.6) is 0 Å². The molecule has 0 fully saturated rings. The van der Waals surface area contributed by atoms with Crippen LogP contribution in [-0.4, -0.2) is 23.7 Å². The van der Waals surface area contributed by atoms with Gasteiger partial charge in [0, 0.05) is 19.0 Å². The largest absolute Gasteiger partial charge is 0.478 e. The van der Waals surface area contributed by atoms with E-state index in [0.717, 1.165) is 0 Å². The number of carboxylic acid groups (broad SMARTS) is 1. The number of carboxylic acids is 1. The maximum atomic E-state index is 13.4. The summed E-state index contributed by atoms with van der Waals surface area (Å²) >= 11 is 0. The lowest BCUT2D eigenvalue weighted by molar-refractivity contribution is 0.0692. The number of hydrogen-bond acceptors (Lipinski definition) is 2. The van der Waals surface area contributed by atoms with Crippen molar-refractivity contribution in [3.05, 3.63) is 29.3 Å². The molecule has 1 rings (SSSR count). The van der Waals surface area contributed by atoms with E-state index in [2.05, 4.69) is 16.6 Å². The first-order valence-electron chi connectivity index (χ1n) is 5.66. The predicted molar refractivity (Wildman–Crippen MR) is 68.4 cm³/mol. The minimum absolute atomic E-state index is 0.282. The van der Waals surface area contributed by atoms with Crippen LogP contribution in [0.3, 0.4) is 0 Å². The Morgan fingerprint density at radius 3 is 2.60 bits per heavy atom. The zero-order valence-corrected chi connectivity index (χ0v) is 10.4. The first kappa shape index (κ1) is 15.4. The van der Waals surface area contributed by atoms with Crippen LogP contribution in [0, 0.1) is 24.0 Å². The number of nitrogens with one attached hydrogen (secondary N) is 2. The number of hydrogen-bond donors (Lipinski definition) is 3. The Kier molecular flexibility index (Phi) is 5.47. The van der Waals surface area contributed by atoms with Crippen LogP contribution in [0.1, 0.15) is 23.2 Å². The second kappa shape index (κ2) is 7.09. The Labute approximate surface area is 114 Å². The Hall–Kier alpha value is -2.62. The highest BCUT2D eigenvalue weighted by molar-refractivity contribution is 5.93. The van der Waals surface area contributed by atoms with Crippen molar-refractivity contribution in [2.24, 2.45) is 0 Å². The van der Waals surface area contributed by atoms with E-state index in [-0.39, 0.29) is 6.54 Å². The third-order valence-electron chi connectivity index (χ3n) is 2.32. The van der Waals surface area contributed by atoms with Gasteiger partial charge in [-0.25, -0.2) is 18.4 Å². The Morgan fingerprint density at radius 1 is 1.30 bits per heavy atom. The summed E-state index contributed by atoms with van der Waals surface area (Å²) in [6.45, 7) is 0.282. The molecule has 7 heteroatoms. The monoisotopic (exact) mass is 282 g/mol. The molecule has 0 aliphatic carbocycles. The quantitative estimate of drug-likeness (QED) is 0.572. The summed E-state index contributed by atoms with van der Waals surface area (Å²) in [4.78, 5) is 22.1. The Morgan fingerprint density at radius 2 is 2.00 bits per heavy atom. The SMILES string of the molecule is C#CCCCNC(=O)Nc1cc(C(=O)O)c(F)cc1F. The molecule has 0 saturated heterocycles. The minimum Gasteiger partial charge on any atom is -0.478 e. The molecule has 0 saturated carbocycles. The van der Waals surface area contributed by atoms with Crippen molar-refractivity contribution in [1.82, 2.24) is 5.32 Å². The topological polar surface area (TPSA) is 78.4 Å². The highest BCUT2D eigenvalue weighted by Crippen LogP contribution is 2.19. The van der Waals surface area contributed by atoms with Gasteiger partial charge in [-0.2, -0.15) is 0 Å². The summed E-state index contributed by atoms with van der Waals surface area (Å²) < 4.78 is 26.5. The molecule has 0 aliphatic heterocycles. The Bertz CT molecular complexity index is 567. The van der Waals surface area contributed by atoms with Gasteiger partial charge in [-0.1, -0.05) is 0 Å². The van der Waals surface area contributed by atoms with Crippen molar-refractivity contribution >= 4 is 17.7 Å². The number of amides is 2. The molecule has 2 amide bonds. The van der Waals surface area contributed by atoms with Gasteiger partial charge in [0.25, 0.3) is 0 Å². The van der Waals surface area contributed by atoms with Crippen molar-refractivity contribution in [3.8, 4) is 12.3 Å². The zero-order chi connectivity index (χ0) is 15.1. The highest BCUT2D eigenvalue weighted by atomic mass is 19.1. The van der Waals surface area contributed by atoms with Gasteiger partial charge in [0.05, 0.1) is 11.3 Å². The molecule has 0 unspecified atom stereocenters. The molecular formula is C13H12F2N2O3. The lowest BCUT2D eigenvalue weighted by atomic mass is 10.2. The van der Waals surface area contributed by atoms with E-state index in [1.54, 1.807) is 0 Å². The molecule has 0 radical (unpaired) electrons. The smallest absolute Gasteiger partial charge is 0.338 e. The number of carbonyl (C=O) groups excluding carboxylic acids is 1. The number of urea groups is 1.